The molecule has 0 fully saturated rings. The standard InChI is InChI=1S/C17H13FN2O2/c1-10-3-2-4-12(7-10)20-16-13-6-5-11(18)8-15(13)19-9-14(16)17(21)22/h2-9H,1H3,(H,19,20)(H,21,22). The highest BCUT2D eigenvalue weighted by atomic mass is 19.1. The average Bonchev–Trinajstić information content (AvgIpc) is 2.46. The molecule has 0 saturated heterocycles. The number of fused-ring (bicyclic) bond motifs is 1. The Bertz CT molecular complexity index is 878. The predicted octanol–water partition coefficient (Wildman–Crippen LogP) is 4.12. The van der Waals surface area contributed by atoms with Crippen LogP contribution in [0.1, 0.15) is 15.9 Å². The number of carboxylic acids is 1. The fourth-order valence-corrected chi connectivity index (χ4v) is 2.33. The van der Waals surface area contributed by atoms with Crippen molar-refractivity contribution in [3.8, 4) is 0 Å². The Kier molecular flexibility index (Phi) is 3.47. The van der Waals surface area contributed by atoms with Crippen LogP contribution in [-0.4, -0.2) is 16.1 Å². The first kappa shape index (κ1) is 14.0. The maximum atomic E-state index is 13.3. The van der Waals surface area contributed by atoms with Crippen molar-refractivity contribution >= 4 is 28.2 Å². The number of halogens is 1. The van der Waals surface area contributed by atoms with Gasteiger partial charge in [-0.15, -0.1) is 0 Å². The molecule has 110 valence electrons. The van der Waals surface area contributed by atoms with Gasteiger partial charge in [0.15, 0.2) is 0 Å². The monoisotopic (exact) mass is 296 g/mol. The first-order chi connectivity index (χ1) is 10.5. The molecule has 0 spiro atoms. The Morgan fingerprint density at radius 1 is 1.23 bits per heavy atom. The molecule has 0 bridgehead atoms. The molecule has 0 amide bonds. The van der Waals surface area contributed by atoms with E-state index in [2.05, 4.69) is 10.3 Å². The third-order valence-electron chi connectivity index (χ3n) is 3.35. The van der Waals surface area contributed by atoms with Crippen LogP contribution in [0.4, 0.5) is 15.8 Å². The van der Waals surface area contributed by atoms with E-state index in [1.54, 1.807) is 0 Å². The topological polar surface area (TPSA) is 62.2 Å². The van der Waals surface area contributed by atoms with Crippen LogP contribution in [-0.2, 0) is 0 Å². The van der Waals surface area contributed by atoms with Gasteiger partial charge in [-0.2, -0.15) is 0 Å². The van der Waals surface area contributed by atoms with Gasteiger partial charge in [0.25, 0.3) is 0 Å². The lowest BCUT2D eigenvalue weighted by Gasteiger charge is -2.13. The van der Waals surface area contributed by atoms with Gasteiger partial charge in [0.05, 0.1) is 11.2 Å². The Morgan fingerprint density at radius 2 is 2.05 bits per heavy atom. The molecule has 0 aliphatic rings. The van der Waals surface area contributed by atoms with Gasteiger partial charge in [-0.1, -0.05) is 12.1 Å². The molecule has 5 heteroatoms. The largest absolute Gasteiger partial charge is 0.478 e. The summed E-state index contributed by atoms with van der Waals surface area (Å²) < 4.78 is 13.3. The number of pyridine rings is 1. The van der Waals surface area contributed by atoms with Crippen molar-refractivity contribution in [1.82, 2.24) is 4.98 Å². The third kappa shape index (κ3) is 2.61. The maximum Gasteiger partial charge on any atom is 0.339 e. The minimum Gasteiger partial charge on any atom is -0.478 e. The lowest BCUT2D eigenvalue weighted by molar-refractivity contribution is 0.0697. The molecular formula is C17H13FN2O2. The number of aryl methyl sites for hydroxylation is 1. The Balaban J connectivity index is 2.20. The molecule has 3 aromatic rings. The van der Waals surface area contributed by atoms with Crippen LogP contribution in [0.2, 0.25) is 0 Å². The molecule has 4 nitrogen and oxygen atoms in total. The number of aromatic nitrogens is 1. The van der Waals surface area contributed by atoms with Gasteiger partial charge in [0, 0.05) is 23.3 Å². The van der Waals surface area contributed by atoms with E-state index in [9.17, 15) is 14.3 Å². The highest BCUT2D eigenvalue weighted by Crippen LogP contribution is 2.29. The summed E-state index contributed by atoms with van der Waals surface area (Å²) in [6, 6.07) is 11.7. The molecule has 0 radical (unpaired) electrons. The highest BCUT2D eigenvalue weighted by molar-refractivity contribution is 6.05. The van der Waals surface area contributed by atoms with Gasteiger partial charge in [-0.05, 0) is 36.8 Å². The molecule has 0 aliphatic heterocycles. The van der Waals surface area contributed by atoms with Crippen molar-refractivity contribution in [1.29, 1.82) is 0 Å². The SMILES string of the molecule is Cc1cccc(Nc2c(C(=O)O)cnc3cc(F)ccc23)c1. The maximum absolute atomic E-state index is 13.3. The van der Waals surface area contributed by atoms with Crippen LogP contribution >= 0.6 is 0 Å². The lowest BCUT2D eigenvalue weighted by Crippen LogP contribution is -2.05. The van der Waals surface area contributed by atoms with Gasteiger partial charge in [0.2, 0.25) is 0 Å². The summed E-state index contributed by atoms with van der Waals surface area (Å²) >= 11 is 0. The summed E-state index contributed by atoms with van der Waals surface area (Å²) in [5, 5.41) is 13.0. The number of aromatic carboxylic acids is 1. The molecule has 1 heterocycles. The minimum absolute atomic E-state index is 0.0422. The summed E-state index contributed by atoms with van der Waals surface area (Å²) in [7, 11) is 0. The van der Waals surface area contributed by atoms with Gasteiger partial charge in [-0.3, -0.25) is 4.98 Å². The van der Waals surface area contributed by atoms with Crippen LogP contribution in [0.3, 0.4) is 0 Å². The quantitative estimate of drug-likeness (QED) is 0.763. The number of carboxylic acid groups (broad SMARTS) is 1. The van der Waals surface area contributed by atoms with E-state index < -0.39 is 11.8 Å². The smallest absolute Gasteiger partial charge is 0.339 e. The fourth-order valence-electron chi connectivity index (χ4n) is 2.33. The second kappa shape index (κ2) is 5.44. The molecule has 2 aromatic carbocycles. The normalized spacial score (nSPS) is 10.6. The van der Waals surface area contributed by atoms with Crippen LogP contribution in [0.5, 0.6) is 0 Å². The number of rotatable bonds is 3. The van der Waals surface area contributed by atoms with Crippen molar-refractivity contribution in [3.63, 3.8) is 0 Å². The molecule has 0 unspecified atom stereocenters. The third-order valence-corrected chi connectivity index (χ3v) is 3.35. The second-order valence-electron chi connectivity index (χ2n) is 5.01. The zero-order valence-electron chi connectivity index (χ0n) is 11.8. The lowest BCUT2D eigenvalue weighted by atomic mass is 10.1. The molecule has 2 N–H and O–H groups in total. The zero-order chi connectivity index (χ0) is 15.7. The van der Waals surface area contributed by atoms with Crippen LogP contribution in [0, 0.1) is 12.7 Å². The van der Waals surface area contributed by atoms with Gasteiger partial charge >= 0.3 is 5.97 Å². The Labute approximate surface area is 126 Å². The van der Waals surface area contributed by atoms with E-state index in [-0.39, 0.29) is 5.56 Å². The Hall–Kier alpha value is -2.95. The first-order valence-electron chi connectivity index (χ1n) is 6.70. The molecule has 0 saturated carbocycles. The number of carbonyl (C=O) groups is 1. The van der Waals surface area contributed by atoms with Gasteiger partial charge in [-0.25, -0.2) is 9.18 Å². The Morgan fingerprint density at radius 3 is 2.77 bits per heavy atom. The van der Waals surface area contributed by atoms with E-state index in [4.69, 9.17) is 0 Å². The number of benzene rings is 2. The molecule has 0 aliphatic carbocycles. The van der Waals surface area contributed by atoms with E-state index in [0.717, 1.165) is 11.3 Å². The van der Waals surface area contributed by atoms with E-state index in [0.29, 0.717) is 16.6 Å². The van der Waals surface area contributed by atoms with Crippen molar-refractivity contribution in [2.75, 3.05) is 5.32 Å². The summed E-state index contributed by atoms with van der Waals surface area (Å²) in [6.45, 7) is 1.95. The summed E-state index contributed by atoms with van der Waals surface area (Å²) in [4.78, 5) is 15.5. The van der Waals surface area contributed by atoms with Crippen molar-refractivity contribution < 1.29 is 14.3 Å². The van der Waals surface area contributed by atoms with Crippen molar-refractivity contribution in [3.05, 3.63) is 65.6 Å². The van der Waals surface area contributed by atoms with Crippen molar-refractivity contribution in [2.45, 2.75) is 6.92 Å². The fraction of sp³-hybridized carbons (Fsp3) is 0.0588. The van der Waals surface area contributed by atoms with E-state index >= 15 is 0 Å². The van der Waals surface area contributed by atoms with Crippen LogP contribution < -0.4 is 5.32 Å². The van der Waals surface area contributed by atoms with E-state index in [1.807, 2.05) is 31.2 Å². The number of nitrogens with zero attached hydrogens (tertiary/aromatic N) is 1. The first-order valence-corrected chi connectivity index (χ1v) is 6.70. The van der Waals surface area contributed by atoms with Crippen molar-refractivity contribution in [2.24, 2.45) is 0 Å². The number of hydrogen-bond acceptors (Lipinski definition) is 3. The predicted molar refractivity (Wildman–Crippen MR) is 83.1 cm³/mol. The van der Waals surface area contributed by atoms with Crippen LogP contribution in [0.15, 0.2) is 48.7 Å². The molecule has 0 atom stereocenters. The number of nitrogens with one attached hydrogen (secondary N) is 1. The summed E-state index contributed by atoms with van der Waals surface area (Å²) in [5.41, 5.74) is 2.66. The van der Waals surface area contributed by atoms with Gasteiger partial charge in [0.1, 0.15) is 11.4 Å². The van der Waals surface area contributed by atoms with Crippen LogP contribution in [0.25, 0.3) is 10.9 Å². The number of anilines is 2. The molecular weight excluding hydrogens is 283 g/mol. The molecule has 22 heavy (non-hydrogen) atoms. The molecule has 1 aromatic heterocycles. The summed E-state index contributed by atoms with van der Waals surface area (Å²) in [6.07, 6.45) is 1.24. The van der Waals surface area contributed by atoms with E-state index in [1.165, 1.54) is 24.4 Å². The number of hydrogen-bond donors (Lipinski definition) is 2. The summed E-state index contributed by atoms with van der Waals surface area (Å²) in [5.74, 6) is -1.50. The molecule has 3 rings (SSSR count). The average molecular weight is 296 g/mol. The van der Waals surface area contributed by atoms with Gasteiger partial charge < -0.3 is 10.4 Å². The zero-order valence-corrected chi connectivity index (χ0v) is 11.8. The minimum atomic E-state index is -1.09. The highest BCUT2D eigenvalue weighted by Gasteiger charge is 2.15. The second-order valence-corrected chi connectivity index (χ2v) is 5.01.